The van der Waals surface area contributed by atoms with Crippen LogP contribution in [-0.2, 0) is 4.79 Å². The highest BCUT2D eigenvalue weighted by molar-refractivity contribution is 8.00. The highest BCUT2D eigenvalue weighted by atomic mass is 32.2. The highest BCUT2D eigenvalue weighted by Crippen LogP contribution is 2.31. The molecular weight excluding hydrogens is 370 g/mol. The molecule has 3 amide bonds. The Hall–Kier alpha value is -2.65. The van der Waals surface area contributed by atoms with Gasteiger partial charge in [0.1, 0.15) is 0 Å². The summed E-state index contributed by atoms with van der Waals surface area (Å²) < 4.78 is 1.92. The van der Waals surface area contributed by atoms with E-state index in [0.29, 0.717) is 11.0 Å². The van der Waals surface area contributed by atoms with Crippen molar-refractivity contribution < 1.29 is 9.59 Å². The molecule has 0 radical (unpaired) electrons. The van der Waals surface area contributed by atoms with Gasteiger partial charge in [-0.1, -0.05) is 36.0 Å². The van der Waals surface area contributed by atoms with E-state index in [1.165, 1.54) is 18.8 Å². The van der Waals surface area contributed by atoms with Crippen LogP contribution in [0.15, 0.2) is 53.0 Å². The Bertz CT molecular complexity index is 893. The van der Waals surface area contributed by atoms with Crippen LogP contribution in [0.25, 0.3) is 16.4 Å². The Morgan fingerprint density at radius 2 is 1.92 bits per heavy atom. The van der Waals surface area contributed by atoms with Crippen LogP contribution in [0.4, 0.5) is 4.79 Å². The van der Waals surface area contributed by atoms with Gasteiger partial charge in [0.25, 0.3) is 0 Å². The maximum Gasteiger partial charge on any atom is 0.321 e. The molecule has 3 aromatic rings. The molecule has 0 aliphatic carbocycles. The summed E-state index contributed by atoms with van der Waals surface area (Å²) >= 11 is 2.82. The normalized spacial score (nSPS) is 11.8. The molecule has 0 aliphatic rings. The quantitative estimate of drug-likeness (QED) is 0.657. The fourth-order valence-corrected chi connectivity index (χ4v) is 3.78. The average Bonchev–Trinajstić information content (AvgIpc) is 3.31. The molecule has 2 aromatic heterocycles. The van der Waals surface area contributed by atoms with Gasteiger partial charge >= 0.3 is 6.03 Å². The zero-order valence-corrected chi connectivity index (χ0v) is 15.8. The van der Waals surface area contributed by atoms with Crippen molar-refractivity contribution in [3.8, 4) is 16.4 Å². The third kappa shape index (κ3) is 3.94. The first-order valence-corrected chi connectivity index (χ1v) is 9.60. The summed E-state index contributed by atoms with van der Waals surface area (Å²) in [5.74, 6) is 0.322. The van der Waals surface area contributed by atoms with Crippen LogP contribution in [0, 0.1) is 0 Å². The minimum Gasteiger partial charge on any atom is -0.341 e. The molecule has 1 aromatic carbocycles. The van der Waals surface area contributed by atoms with Crippen molar-refractivity contribution in [3.63, 3.8) is 0 Å². The zero-order chi connectivity index (χ0) is 18.5. The Labute approximate surface area is 158 Å². The number of hydrogen-bond acceptors (Lipinski definition) is 6. The van der Waals surface area contributed by atoms with Gasteiger partial charge in [-0.3, -0.25) is 14.7 Å². The molecule has 2 N–H and O–H groups in total. The van der Waals surface area contributed by atoms with Crippen molar-refractivity contribution >= 4 is 35.0 Å². The van der Waals surface area contributed by atoms with Crippen molar-refractivity contribution in [3.05, 3.63) is 47.8 Å². The Morgan fingerprint density at radius 1 is 1.15 bits per heavy atom. The van der Waals surface area contributed by atoms with Crippen LogP contribution in [0.5, 0.6) is 0 Å². The van der Waals surface area contributed by atoms with E-state index in [2.05, 4.69) is 20.8 Å². The number of thiophene rings is 1. The predicted octanol–water partition coefficient (Wildman–Crippen LogP) is 2.93. The van der Waals surface area contributed by atoms with Gasteiger partial charge in [0, 0.05) is 12.7 Å². The lowest BCUT2D eigenvalue weighted by Crippen LogP contribution is -2.41. The average molecular weight is 387 g/mol. The third-order valence-corrected chi connectivity index (χ3v) is 5.41. The molecule has 7 nitrogen and oxygen atoms in total. The molecule has 0 bridgehead atoms. The minimum atomic E-state index is -0.536. The van der Waals surface area contributed by atoms with Crippen LogP contribution in [0.3, 0.4) is 0 Å². The molecule has 0 aliphatic heterocycles. The molecule has 0 saturated carbocycles. The van der Waals surface area contributed by atoms with Gasteiger partial charge in [-0.25, -0.2) is 4.79 Å². The van der Waals surface area contributed by atoms with Crippen LogP contribution in [0.1, 0.15) is 6.92 Å². The largest absolute Gasteiger partial charge is 0.341 e. The maximum atomic E-state index is 12.2. The highest BCUT2D eigenvalue weighted by Gasteiger charge is 2.23. The number of hydrogen-bond donors (Lipinski definition) is 2. The van der Waals surface area contributed by atoms with E-state index in [9.17, 15) is 9.59 Å². The standard InChI is InChI=1S/C17H17N5O2S2/c1-11(15(23)19-16(24)18-2)26-17-21-20-14(13-9-6-10-25-13)22(17)12-7-4-3-5-8-12/h3-11H,1-2H3,(H2,18,19,23,24)/t11-/m1/s1. The van der Waals surface area contributed by atoms with Crippen molar-refractivity contribution in [1.82, 2.24) is 25.4 Å². The summed E-state index contributed by atoms with van der Waals surface area (Å²) in [4.78, 5) is 24.5. The van der Waals surface area contributed by atoms with Crippen molar-refractivity contribution in [2.75, 3.05) is 7.05 Å². The molecule has 26 heavy (non-hydrogen) atoms. The van der Waals surface area contributed by atoms with Gasteiger partial charge in [-0.05, 0) is 30.5 Å². The third-order valence-electron chi connectivity index (χ3n) is 3.50. The fourth-order valence-electron chi connectivity index (χ4n) is 2.21. The van der Waals surface area contributed by atoms with E-state index in [1.54, 1.807) is 18.3 Å². The van der Waals surface area contributed by atoms with Gasteiger partial charge in [0.05, 0.1) is 10.1 Å². The zero-order valence-electron chi connectivity index (χ0n) is 14.2. The number of amides is 3. The lowest BCUT2D eigenvalue weighted by molar-refractivity contribution is -0.119. The molecule has 0 spiro atoms. The van der Waals surface area contributed by atoms with E-state index in [0.717, 1.165) is 10.6 Å². The number of nitrogens with one attached hydrogen (secondary N) is 2. The fraction of sp³-hybridized carbons (Fsp3) is 0.176. The monoisotopic (exact) mass is 387 g/mol. The first-order valence-electron chi connectivity index (χ1n) is 7.84. The van der Waals surface area contributed by atoms with E-state index < -0.39 is 17.2 Å². The summed E-state index contributed by atoms with van der Waals surface area (Å²) in [6.07, 6.45) is 0. The van der Waals surface area contributed by atoms with Crippen molar-refractivity contribution in [2.24, 2.45) is 0 Å². The molecule has 134 valence electrons. The molecule has 0 unspecified atom stereocenters. The smallest absolute Gasteiger partial charge is 0.321 e. The van der Waals surface area contributed by atoms with Gasteiger partial charge in [-0.15, -0.1) is 21.5 Å². The lowest BCUT2D eigenvalue weighted by atomic mass is 10.3. The van der Waals surface area contributed by atoms with Gasteiger partial charge < -0.3 is 5.32 Å². The van der Waals surface area contributed by atoms with E-state index in [4.69, 9.17) is 0 Å². The number of urea groups is 1. The number of carbonyl (C=O) groups is 2. The maximum absolute atomic E-state index is 12.2. The van der Waals surface area contributed by atoms with Crippen LogP contribution < -0.4 is 10.6 Å². The SMILES string of the molecule is CNC(=O)NC(=O)[C@@H](C)Sc1nnc(-c2cccs2)n1-c1ccccc1. The molecule has 0 saturated heterocycles. The first-order chi connectivity index (χ1) is 12.6. The second-order valence-corrected chi connectivity index (χ2v) is 7.54. The summed E-state index contributed by atoms with van der Waals surface area (Å²) in [7, 11) is 1.46. The Kier molecular flexibility index (Phi) is 5.69. The molecule has 9 heteroatoms. The molecule has 1 atom stereocenters. The van der Waals surface area contributed by atoms with Gasteiger partial charge in [-0.2, -0.15) is 0 Å². The second kappa shape index (κ2) is 8.15. The summed E-state index contributed by atoms with van der Waals surface area (Å²) in [6, 6.07) is 13.1. The van der Waals surface area contributed by atoms with Gasteiger partial charge in [0.2, 0.25) is 5.91 Å². The second-order valence-electron chi connectivity index (χ2n) is 5.28. The van der Waals surface area contributed by atoms with E-state index in [1.807, 2.05) is 52.4 Å². The Morgan fingerprint density at radius 3 is 2.58 bits per heavy atom. The predicted molar refractivity (Wildman–Crippen MR) is 103 cm³/mol. The summed E-state index contributed by atoms with van der Waals surface area (Å²) in [5, 5.41) is 15.3. The molecular formula is C17H17N5O2S2. The summed E-state index contributed by atoms with van der Waals surface area (Å²) in [5.41, 5.74) is 0.905. The number of thioether (sulfide) groups is 1. The van der Waals surface area contributed by atoms with Crippen LogP contribution >= 0.6 is 23.1 Å². The van der Waals surface area contributed by atoms with E-state index >= 15 is 0 Å². The van der Waals surface area contributed by atoms with Crippen LogP contribution in [0.2, 0.25) is 0 Å². The number of nitrogens with zero attached hydrogens (tertiary/aromatic N) is 3. The topological polar surface area (TPSA) is 88.9 Å². The number of imide groups is 1. The molecule has 0 fully saturated rings. The summed E-state index contributed by atoms with van der Waals surface area (Å²) in [6.45, 7) is 1.72. The lowest BCUT2D eigenvalue weighted by Gasteiger charge is -2.13. The first kappa shape index (κ1) is 18.2. The Balaban J connectivity index is 1.93. The number of benzene rings is 1. The van der Waals surface area contributed by atoms with Crippen molar-refractivity contribution in [2.45, 2.75) is 17.3 Å². The molecule has 2 heterocycles. The van der Waals surface area contributed by atoms with Crippen molar-refractivity contribution in [1.29, 1.82) is 0 Å². The minimum absolute atomic E-state index is 0.394. The number of carbonyl (C=O) groups excluding carboxylic acids is 2. The number of para-hydroxylation sites is 1. The van der Waals surface area contributed by atoms with E-state index in [-0.39, 0.29) is 0 Å². The number of aromatic nitrogens is 3. The number of rotatable bonds is 5. The van der Waals surface area contributed by atoms with Crippen LogP contribution in [-0.4, -0.2) is 39.0 Å². The van der Waals surface area contributed by atoms with Gasteiger partial charge in [0.15, 0.2) is 11.0 Å². The molecule has 3 rings (SSSR count).